The molecule has 4 atom stereocenters. The Balaban J connectivity index is 0.000000247. The molecule has 4 unspecified atom stereocenters. The first-order valence-electron chi connectivity index (χ1n) is 14.2. The number of fused-ring (bicyclic) bond motifs is 1. The van der Waals surface area contributed by atoms with Gasteiger partial charge in [-0.25, -0.2) is 4.98 Å². The van der Waals surface area contributed by atoms with Crippen LogP contribution in [0.2, 0.25) is 0 Å². The summed E-state index contributed by atoms with van der Waals surface area (Å²) in [4.78, 5) is 26.0. The number of nitrogens with two attached hydrogens (primary N) is 1. The Hall–Kier alpha value is -3.27. The van der Waals surface area contributed by atoms with Crippen LogP contribution < -0.4 is 15.2 Å². The summed E-state index contributed by atoms with van der Waals surface area (Å²) in [7, 11) is 0. The lowest BCUT2D eigenvalue weighted by molar-refractivity contribution is -0.287. The number of amides is 1. The van der Waals surface area contributed by atoms with Gasteiger partial charge in [0.2, 0.25) is 5.91 Å². The minimum Gasteiger partial charge on any atom is -0.395 e. The molecule has 1 aliphatic carbocycles. The van der Waals surface area contributed by atoms with Crippen LogP contribution >= 0.6 is 15.9 Å². The van der Waals surface area contributed by atoms with E-state index in [4.69, 9.17) is 11.0 Å². The highest BCUT2D eigenvalue weighted by Gasteiger charge is 2.59. The first-order valence-corrected chi connectivity index (χ1v) is 15.0. The maximum absolute atomic E-state index is 13.0. The van der Waals surface area contributed by atoms with E-state index in [1.165, 1.54) is 6.42 Å². The van der Waals surface area contributed by atoms with Crippen LogP contribution in [0.5, 0.6) is 11.5 Å². The number of aromatic nitrogens is 1. The summed E-state index contributed by atoms with van der Waals surface area (Å²) in [5.74, 6) is -2.30. The minimum atomic E-state index is -4.43. The van der Waals surface area contributed by atoms with Gasteiger partial charge >= 0.3 is 12.5 Å². The summed E-state index contributed by atoms with van der Waals surface area (Å²) < 4.78 is 73.2. The molecule has 0 bridgehead atoms. The van der Waals surface area contributed by atoms with E-state index >= 15 is 0 Å². The van der Waals surface area contributed by atoms with E-state index in [1.54, 1.807) is 6.20 Å². The Morgan fingerprint density at radius 2 is 1.91 bits per heavy atom. The zero-order valence-corrected chi connectivity index (χ0v) is 26.8. The molecule has 2 aromatic rings. The SMILES string of the molecule is CCC(C)CCC(CC(C)C)C(N)=O.Cc1cc(Br)cnc1C#N.O=Cc1ccc2c(c1C1CC1C(F)(F)F)OC(F)(F)O2. The molecule has 4 rings (SSSR count). The molecule has 0 saturated heterocycles. The molecule has 1 aromatic heterocycles. The van der Waals surface area contributed by atoms with Crippen LogP contribution in [-0.4, -0.2) is 29.6 Å². The van der Waals surface area contributed by atoms with Crippen molar-refractivity contribution in [2.75, 3.05) is 0 Å². The number of nitriles is 1. The number of carbonyl (C=O) groups is 2. The number of ether oxygens (including phenoxy) is 2. The molecule has 7 nitrogen and oxygen atoms in total. The first-order chi connectivity index (χ1) is 20.4. The predicted octanol–water partition coefficient (Wildman–Crippen LogP) is 8.47. The number of hydrogen-bond acceptors (Lipinski definition) is 6. The van der Waals surface area contributed by atoms with E-state index in [9.17, 15) is 31.5 Å². The van der Waals surface area contributed by atoms with Gasteiger partial charge in [-0.1, -0.05) is 34.1 Å². The molecule has 2 N–H and O–H groups in total. The van der Waals surface area contributed by atoms with Gasteiger partial charge in [-0.05, 0) is 84.1 Å². The molecular weight excluding hydrogens is 653 g/mol. The van der Waals surface area contributed by atoms with E-state index in [0.717, 1.165) is 41.4 Å². The number of aryl methyl sites for hydroxylation is 1. The number of rotatable bonds is 9. The molecule has 13 heteroatoms. The van der Waals surface area contributed by atoms with Crippen molar-refractivity contribution < 1.29 is 41.0 Å². The van der Waals surface area contributed by atoms with E-state index in [0.29, 0.717) is 23.8 Å². The molecule has 2 heterocycles. The van der Waals surface area contributed by atoms with Crippen molar-refractivity contribution in [1.82, 2.24) is 4.98 Å². The second-order valence-corrected chi connectivity index (χ2v) is 12.3. The number of benzene rings is 1. The molecule has 242 valence electrons. The van der Waals surface area contributed by atoms with Crippen LogP contribution in [0.3, 0.4) is 0 Å². The van der Waals surface area contributed by atoms with Crippen molar-refractivity contribution in [3.05, 3.63) is 51.3 Å². The number of halogens is 6. The van der Waals surface area contributed by atoms with Crippen molar-refractivity contribution >= 4 is 28.1 Å². The van der Waals surface area contributed by atoms with Crippen LogP contribution in [0.25, 0.3) is 0 Å². The molecule has 0 spiro atoms. The van der Waals surface area contributed by atoms with Gasteiger partial charge in [0.05, 0.1) is 5.92 Å². The number of hydrogen-bond donors (Lipinski definition) is 1. The highest BCUT2D eigenvalue weighted by atomic mass is 79.9. The quantitative estimate of drug-likeness (QED) is 0.209. The Bertz CT molecular complexity index is 1350. The molecular formula is C31H37BrF5N3O4. The number of pyridine rings is 1. The third-order valence-corrected chi connectivity index (χ3v) is 7.80. The van der Waals surface area contributed by atoms with E-state index in [-0.39, 0.29) is 35.1 Å². The van der Waals surface area contributed by atoms with Crippen LogP contribution in [0.15, 0.2) is 28.9 Å². The van der Waals surface area contributed by atoms with Gasteiger partial charge < -0.3 is 15.2 Å². The molecule has 1 amide bonds. The topological polar surface area (TPSA) is 115 Å². The molecule has 2 aliphatic rings. The van der Waals surface area contributed by atoms with Crippen LogP contribution in [0.4, 0.5) is 22.0 Å². The highest BCUT2D eigenvalue weighted by Crippen LogP contribution is 2.61. The second kappa shape index (κ2) is 15.6. The summed E-state index contributed by atoms with van der Waals surface area (Å²) in [5.41, 5.74) is 6.51. The zero-order chi connectivity index (χ0) is 33.4. The Kier molecular flexibility index (Phi) is 13.1. The van der Waals surface area contributed by atoms with E-state index in [1.807, 2.05) is 19.1 Å². The zero-order valence-electron chi connectivity index (χ0n) is 25.2. The average molecular weight is 691 g/mol. The summed E-state index contributed by atoms with van der Waals surface area (Å²) in [5, 5.41) is 8.48. The Morgan fingerprint density at radius 1 is 1.25 bits per heavy atom. The predicted molar refractivity (Wildman–Crippen MR) is 157 cm³/mol. The highest BCUT2D eigenvalue weighted by molar-refractivity contribution is 9.10. The first kappa shape index (κ1) is 36.9. The fourth-order valence-corrected chi connectivity index (χ4v) is 5.15. The third-order valence-electron chi connectivity index (χ3n) is 7.37. The van der Waals surface area contributed by atoms with Crippen molar-refractivity contribution in [3.8, 4) is 17.6 Å². The maximum Gasteiger partial charge on any atom is 0.586 e. The van der Waals surface area contributed by atoms with Crippen molar-refractivity contribution in [2.24, 2.45) is 29.4 Å². The smallest absolute Gasteiger partial charge is 0.395 e. The van der Waals surface area contributed by atoms with Crippen LogP contribution in [0, 0.1) is 41.9 Å². The van der Waals surface area contributed by atoms with Crippen molar-refractivity contribution in [1.29, 1.82) is 5.26 Å². The summed E-state index contributed by atoms with van der Waals surface area (Å²) in [6.07, 6.45) is -2.47. The maximum atomic E-state index is 13.0. The fourth-order valence-electron chi connectivity index (χ4n) is 4.70. The van der Waals surface area contributed by atoms with Crippen molar-refractivity contribution in [3.63, 3.8) is 0 Å². The summed E-state index contributed by atoms with van der Waals surface area (Å²) >= 11 is 3.25. The van der Waals surface area contributed by atoms with Gasteiger partial charge in [0, 0.05) is 33.6 Å². The molecule has 44 heavy (non-hydrogen) atoms. The lowest BCUT2D eigenvalue weighted by atomic mass is 9.89. The van der Waals surface area contributed by atoms with Crippen LogP contribution in [0.1, 0.15) is 92.9 Å². The van der Waals surface area contributed by atoms with E-state index < -0.39 is 30.1 Å². The Morgan fingerprint density at radius 3 is 2.39 bits per heavy atom. The summed E-state index contributed by atoms with van der Waals surface area (Å²) in [6, 6.07) is 6.09. The van der Waals surface area contributed by atoms with Gasteiger partial charge in [-0.2, -0.15) is 18.4 Å². The fraction of sp³-hybridized carbons (Fsp3) is 0.548. The van der Waals surface area contributed by atoms with Gasteiger partial charge in [0.1, 0.15) is 18.0 Å². The van der Waals surface area contributed by atoms with Gasteiger partial charge in [0.15, 0.2) is 11.5 Å². The van der Waals surface area contributed by atoms with Gasteiger partial charge in [-0.3, -0.25) is 9.59 Å². The van der Waals surface area contributed by atoms with Gasteiger partial charge in [-0.15, -0.1) is 8.78 Å². The average Bonchev–Trinajstić information content (AvgIpc) is 3.67. The molecule has 1 aromatic carbocycles. The number of alkyl halides is 5. The molecule has 1 saturated carbocycles. The normalized spacial score (nSPS) is 19.0. The summed E-state index contributed by atoms with van der Waals surface area (Å²) in [6.45, 7) is 10.6. The van der Waals surface area contributed by atoms with Crippen molar-refractivity contribution in [2.45, 2.75) is 85.1 Å². The van der Waals surface area contributed by atoms with Crippen LogP contribution in [-0.2, 0) is 4.79 Å². The largest absolute Gasteiger partial charge is 0.586 e. The number of aldehydes is 1. The molecule has 1 aliphatic heterocycles. The third kappa shape index (κ3) is 10.7. The number of carbonyl (C=O) groups excluding carboxylic acids is 2. The minimum absolute atomic E-state index is 0.0870. The second-order valence-electron chi connectivity index (χ2n) is 11.4. The number of nitrogens with zero attached hydrogens (tertiary/aromatic N) is 2. The van der Waals surface area contributed by atoms with Gasteiger partial charge in [0.25, 0.3) is 0 Å². The molecule has 0 radical (unpaired) electrons. The lowest BCUT2D eigenvalue weighted by Gasteiger charge is -2.17. The van der Waals surface area contributed by atoms with E-state index in [2.05, 4.69) is 58.1 Å². The standard InChI is InChI=1S/C12H7F5O3.C12H25NO.C7H5BrN2/c13-11(14,15)7-3-6(7)9-5(4-18)1-2-8-10(9)20-12(16,17)19-8;1-5-10(4)6-7-11(12(13)14)8-9(2)3;1-5-2-6(8)4-10-7(5)3-9/h1-2,4,6-7H,3H2;9-11H,5-8H2,1-4H3,(H2,13,14);2,4H,1H3. The monoisotopic (exact) mass is 689 g/mol. The molecule has 1 fully saturated rings. The number of primary amides is 1. The Labute approximate surface area is 262 Å². The lowest BCUT2D eigenvalue weighted by Crippen LogP contribution is -2.26.